The number of pyridine rings is 1. The molecule has 2 aromatic rings. The third-order valence-corrected chi connectivity index (χ3v) is 5.23. The number of likely N-dealkylation sites (tertiary alicyclic amines) is 1. The standard InChI is InChI=1S/C21H29N3O2/c1-3-16-6-7-20-18(12-16)19(11-15(2)23-20)21(26)22-8-10-24-9-4-5-17(13-24)14-25/h6-7,11-12,17,25H,3-5,8-10,13-14H2,1-2H3,(H,22,26)/t17-/m0/s1. The maximum atomic E-state index is 12.8. The molecule has 26 heavy (non-hydrogen) atoms. The van der Waals surface area contributed by atoms with Gasteiger partial charge in [0.15, 0.2) is 0 Å². The quantitative estimate of drug-likeness (QED) is 0.836. The molecule has 0 aliphatic carbocycles. The SMILES string of the molecule is CCc1ccc2nc(C)cc(C(=O)NCCN3CCC[C@H](CO)C3)c2c1. The topological polar surface area (TPSA) is 65.5 Å². The highest BCUT2D eigenvalue weighted by Gasteiger charge is 2.19. The predicted octanol–water partition coefficient (Wildman–Crippen LogP) is 2.54. The van der Waals surface area contributed by atoms with E-state index in [1.54, 1.807) is 0 Å². The third-order valence-electron chi connectivity index (χ3n) is 5.23. The van der Waals surface area contributed by atoms with E-state index in [0.29, 0.717) is 18.0 Å². The normalized spacial score (nSPS) is 18.2. The first-order chi connectivity index (χ1) is 12.6. The first-order valence-corrected chi connectivity index (χ1v) is 9.62. The molecule has 0 unspecified atom stereocenters. The summed E-state index contributed by atoms with van der Waals surface area (Å²) >= 11 is 0. The molecule has 1 fully saturated rings. The molecular formula is C21H29N3O2. The van der Waals surface area contributed by atoms with Crippen molar-refractivity contribution in [2.45, 2.75) is 33.1 Å². The van der Waals surface area contributed by atoms with Crippen molar-refractivity contribution in [3.05, 3.63) is 41.1 Å². The molecule has 2 heterocycles. The lowest BCUT2D eigenvalue weighted by molar-refractivity contribution is 0.0932. The van der Waals surface area contributed by atoms with Crippen LogP contribution in [0.15, 0.2) is 24.3 Å². The number of fused-ring (bicyclic) bond motifs is 1. The highest BCUT2D eigenvalue weighted by atomic mass is 16.3. The number of aryl methyl sites for hydroxylation is 2. The number of rotatable bonds is 6. The van der Waals surface area contributed by atoms with Crippen LogP contribution in [0, 0.1) is 12.8 Å². The van der Waals surface area contributed by atoms with E-state index >= 15 is 0 Å². The zero-order valence-corrected chi connectivity index (χ0v) is 15.8. The fraction of sp³-hybridized carbons (Fsp3) is 0.524. The van der Waals surface area contributed by atoms with E-state index in [-0.39, 0.29) is 12.5 Å². The molecular weight excluding hydrogens is 326 g/mol. The van der Waals surface area contributed by atoms with Crippen molar-refractivity contribution in [1.29, 1.82) is 0 Å². The molecule has 1 amide bonds. The molecule has 3 rings (SSSR count). The van der Waals surface area contributed by atoms with Gasteiger partial charge in [-0.25, -0.2) is 0 Å². The van der Waals surface area contributed by atoms with E-state index in [1.165, 1.54) is 5.56 Å². The van der Waals surface area contributed by atoms with E-state index in [1.807, 2.05) is 19.1 Å². The minimum absolute atomic E-state index is 0.0375. The summed E-state index contributed by atoms with van der Waals surface area (Å²) in [6.45, 7) is 7.70. The second-order valence-electron chi connectivity index (χ2n) is 7.26. The summed E-state index contributed by atoms with van der Waals surface area (Å²) in [5, 5.41) is 13.3. The zero-order valence-electron chi connectivity index (χ0n) is 15.8. The average Bonchev–Trinajstić information content (AvgIpc) is 2.67. The monoisotopic (exact) mass is 355 g/mol. The van der Waals surface area contributed by atoms with E-state index in [9.17, 15) is 9.90 Å². The van der Waals surface area contributed by atoms with Gasteiger partial charge in [-0.05, 0) is 62.4 Å². The van der Waals surface area contributed by atoms with Crippen LogP contribution in [0.25, 0.3) is 10.9 Å². The van der Waals surface area contributed by atoms with Gasteiger partial charge < -0.3 is 15.3 Å². The fourth-order valence-electron chi connectivity index (χ4n) is 3.74. The first-order valence-electron chi connectivity index (χ1n) is 9.62. The maximum Gasteiger partial charge on any atom is 0.252 e. The summed E-state index contributed by atoms with van der Waals surface area (Å²) in [7, 11) is 0. The molecule has 1 aliphatic heterocycles. The molecule has 5 heteroatoms. The maximum absolute atomic E-state index is 12.8. The molecule has 1 saturated heterocycles. The summed E-state index contributed by atoms with van der Waals surface area (Å²) in [6.07, 6.45) is 3.15. The Morgan fingerprint density at radius 3 is 3.00 bits per heavy atom. The summed E-state index contributed by atoms with van der Waals surface area (Å²) < 4.78 is 0. The summed E-state index contributed by atoms with van der Waals surface area (Å²) in [5.74, 6) is 0.336. The van der Waals surface area contributed by atoms with E-state index in [2.05, 4.69) is 34.3 Å². The van der Waals surface area contributed by atoms with Crippen molar-refractivity contribution in [2.24, 2.45) is 5.92 Å². The number of hydrogen-bond donors (Lipinski definition) is 2. The van der Waals surface area contributed by atoms with Crippen LogP contribution in [0.2, 0.25) is 0 Å². The Morgan fingerprint density at radius 2 is 2.23 bits per heavy atom. The van der Waals surface area contributed by atoms with Gasteiger partial charge in [0.05, 0.1) is 11.1 Å². The van der Waals surface area contributed by atoms with E-state index < -0.39 is 0 Å². The molecule has 1 aliphatic rings. The number of hydrogen-bond acceptors (Lipinski definition) is 4. The van der Waals surface area contributed by atoms with Gasteiger partial charge >= 0.3 is 0 Å². The number of benzene rings is 1. The van der Waals surface area contributed by atoms with Gasteiger partial charge in [0.25, 0.3) is 5.91 Å². The van der Waals surface area contributed by atoms with E-state index in [0.717, 1.165) is 55.5 Å². The van der Waals surface area contributed by atoms with Crippen LogP contribution < -0.4 is 5.32 Å². The minimum Gasteiger partial charge on any atom is -0.396 e. The lowest BCUT2D eigenvalue weighted by Gasteiger charge is -2.31. The number of aromatic nitrogens is 1. The third kappa shape index (κ3) is 4.40. The highest BCUT2D eigenvalue weighted by Crippen LogP contribution is 2.21. The van der Waals surface area contributed by atoms with E-state index in [4.69, 9.17) is 0 Å². The molecule has 0 spiro atoms. The van der Waals surface area contributed by atoms with Gasteiger partial charge in [-0.15, -0.1) is 0 Å². The summed E-state index contributed by atoms with van der Waals surface area (Å²) in [4.78, 5) is 19.7. The van der Waals surface area contributed by atoms with Crippen molar-refractivity contribution in [3.63, 3.8) is 0 Å². The summed E-state index contributed by atoms with van der Waals surface area (Å²) in [6, 6.07) is 8.03. The molecule has 0 saturated carbocycles. The molecule has 0 bridgehead atoms. The molecule has 2 N–H and O–H groups in total. The summed E-state index contributed by atoms with van der Waals surface area (Å²) in [5.41, 5.74) is 3.64. The number of aliphatic hydroxyl groups excluding tert-OH is 1. The van der Waals surface area contributed by atoms with Crippen LogP contribution in [-0.4, -0.2) is 53.7 Å². The molecule has 1 aromatic heterocycles. The largest absolute Gasteiger partial charge is 0.396 e. The predicted molar refractivity (Wildman–Crippen MR) is 104 cm³/mol. The molecule has 1 atom stereocenters. The highest BCUT2D eigenvalue weighted by molar-refractivity contribution is 6.06. The lowest BCUT2D eigenvalue weighted by Crippen LogP contribution is -2.41. The Labute approximate surface area is 155 Å². The van der Waals surface area contributed by atoms with Crippen molar-refractivity contribution in [3.8, 4) is 0 Å². The second-order valence-corrected chi connectivity index (χ2v) is 7.26. The number of amides is 1. The Morgan fingerprint density at radius 1 is 1.38 bits per heavy atom. The second kappa shape index (κ2) is 8.60. The number of nitrogens with one attached hydrogen (secondary N) is 1. The molecule has 5 nitrogen and oxygen atoms in total. The molecule has 1 aromatic carbocycles. The number of carbonyl (C=O) groups is 1. The van der Waals surface area contributed by atoms with Crippen LogP contribution in [0.1, 0.15) is 41.4 Å². The number of nitrogens with zero attached hydrogens (tertiary/aromatic N) is 2. The fourth-order valence-corrected chi connectivity index (χ4v) is 3.74. The number of piperidine rings is 1. The van der Waals surface area contributed by atoms with Gasteiger partial charge in [0.1, 0.15) is 0 Å². The van der Waals surface area contributed by atoms with Crippen LogP contribution in [-0.2, 0) is 6.42 Å². The number of carbonyl (C=O) groups excluding carboxylic acids is 1. The van der Waals surface area contributed by atoms with Gasteiger partial charge in [-0.2, -0.15) is 0 Å². The van der Waals surface area contributed by atoms with Crippen LogP contribution in [0.3, 0.4) is 0 Å². The van der Waals surface area contributed by atoms with Crippen molar-refractivity contribution in [1.82, 2.24) is 15.2 Å². The molecule has 140 valence electrons. The Balaban J connectivity index is 1.67. The molecule has 0 radical (unpaired) electrons. The smallest absolute Gasteiger partial charge is 0.252 e. The zero-order chi connectivity index (χ0) is 18.5. The van der Waals surface area contributed by atoms with Crippen molar-refractivity contribution < 1.29 is 9.90 Å². The Hall–Kier alpha value is -1.98. The van der Waals surface area contributed by atoms with Crippen molar-refractivity contribution >= 4 is 16.8 Å². The van der Waals surface area contributed by atoms with Gasteiger partial charge in [0, 0.05) is 37.3 Å². The van der Waals surface area contributed by atoms with Gasteiger partial charge in [-0.1, -0.05) is 13.0 Å². The average molecular weight is 355 g/mol. The van der Waals surface area contributed by atoms with Crippen LogP contribution in [0.4, 0.5) is 0 Å². The lowest BCUT2D eigenvalue weighted by atomic mass is 9.99. The van der Waals surface area contributed by atoms with Gasteiger partial charge in [-0.3, -0.25) is 9.78 Å². The van der Waals surface area contributed by atoms with Crippen molar-refractivity contribution in [2.75, 3.05) is 32.8 Å². The minimum atomic E-state index is -0.0375. The Bertz CT molecular complexity index is 775. The van der Waals surface area contributed by atoms with Crippen LogP contribution in [0.5, 0.6) is 0 Å². The number of aliphatic hydroxyl groups is 1. The van der Waals surface area contributed by atoms with Crippen LogP contribution >= 0.6 is 0 Å². The van der Waals surface area contributed by atoms with Gasteiger partial charge in [0.2, 0.25) is 0 Å². The Kier molecular flexibility index (Phi) is 6.22. The first kappa shape index (κ1) is 18.8.